The van der Waals surface area contributed by atoms with E-state index in [0.29, 0.717) is 30.8 Å². The molecule has 0 bridgehead atoms. The lowest BCUT2D eigenvalue weighted by atomic mass is 9.80. The minimum atomic E-state index is -0.140. The number of aromatic nitrogens is 2. The van der Waals surface area contributed by atoms with Gasteiger partial charge in [0.2, 0.25) is 5.91 Å². The van der Waals surface area contributed by atoms with Gasteiger partial charge in [-0.15, -0.1) is 0 Å². The average Bonchev–Trinajstić information content (AvgIpc) is 2.84. The van der Waals surface area contributed by atoms with E-state index in [-0.39, 0.29) is 11.9 Å². The van der Waals surface area contributed by atoms with Gasteiger partial charge in [0, 0.05) is 19.0 Å². The van der Waals surface area contributed by atoms with Crippen LogP contribution in [0.2, 0.25) is 0 Å². The average molecular weight is 276 g/mol. The molecule has 0 saturated heterocycles. The van der Waals surface area contributed by atoms with Crippen LogP contribution in [0.4, 0.5) is 0 Å². The van der Waals surface area contributed by atoms with Crippen molar-refractivity contribution in [2.24, 2.45) is 11.8 Å². The molecule has 2 heterocycles. The first-order valence-corrected chi connectivity index (χ1v) is 7.66. The van der Waals surface area contributed by atoms with Crippen LogP contribution in [0.3, 0.4) is 0 Å². The normalized spacial score (nSPS) is 33.5. The van der Waals surface area contributed by atoms with Crippen molar-refractivity contribution < 1.29 is 4.79 Å². The van der Waals surface area contributed by atoms with Crippen molar-refractivity contribution in [1.29, 1.82) is 0 Å². The van der Waals surface area contributed by atoms with Crippen LogP contribution in [-0.4, -0.2) is 28.0 Å². The summed E-state index contributed by atoms with van der Waals surface area (Å²) in [5.41, 5.74) is 2.13. The van der Waals surface area contributed by atoms with Crippen LogP contribution in [0.25, 0.3) is 0 Å². The zero-order valence-electron chi connectivity index (χ0n) is 12.3. The molecule has 1 aliphatic heterocycles. The number of imidazole rings is 1. The summed E-state index contributed by atoms with van der Waals surface area (Å²) in [6.07, 6.45) is 5.89. The highest BCUT2D eigenvalue weighted by atomic mass is 16.2. The van der Waals surface area contributed by atoms with Gasteiger partial charge in [-0.1, -0.05) is 13.8 Å². The van der Waals surface area contributed by atoms with Gasteiger partial charge in [0.05, 0.1) is 23.8 Å². The molecule has 0 aromatic carbocycles. The van der Waals surface area contributed by atoms with Crippen molar-refractivity contribution in [2.45, 2.75) is 58.2 Å². The predicted molar refractivity (Wildman–Crippen MR) is 77.0 cm³/mol. The summed E-state index contributed by atoms with van der Waals surface area (Å²) < 4.78 is 0. The highest BCUT2D eigenvalue weighted by Gasteiger charge is 2.30. The van der Waals surface area contributed by atoms with E-state index in [2.05, 4.69) is 34.4 Å². The highest BCUT2D eigenvalue weighted by molar-refractivity contribution is 5.82. The number of carbonyl (C=O) groups is 1. The summed E-state index contributed by atoms with van der Waals surface area (Å²) in [6.45, 7) is 5.26. The summed E-state index contributed by atoms with van der Waals surface area (Å²) in [7, 11) is 0. The first kappa shape index (κ1) is 13.6. The van der Waals surface area contributed by atoms with Crippen molar-refractivity contribution in [3.8, 4) is 0 Å². The van der Waals surface area contributed by atoms with E-state index in [1.165, 1.54) is 6.42 Å². The van der Waals surface area contributed by atoms with Crippen molar-refractivity contribution in [2.75, 3.05) is 0 Å². The van der Waals surface area contributed by atoms with Crippen LogP contribution >= 0.6 is 0 Å². The number of fused-ring (bicyclic) bond motifs is 1. The highest BCUT2D eigenvalue weighted by Crippen LogP contribution is 2.28. The lowest BCUT2D eigenvalue weighted by Crippen LogP contribution is -2.51. The Hall–Kier alpha value is -1.36. The predicted octanol–water partition coefficient (Wildman–Crippen LogP) is 1.36. The first-order valence-electron chi connectivity index (χ1n) is 7.66. The monoisotopic (exact) mass is 276 g/mol. The maximum Gasteiger partial charge on any atom is 0.237 e. The number of hydrogen-bond donors (Lipinski definition) is 3. The molecule has 1 fully saturated rings. The molecule has 1 saturated carbocycles. The van der Waals surface area contributed by atoms with E-state index in [1.807, 2.05) is 0 Å². The minimum absolute atomic E-state index is 0.130. The Morgan fingerprint density at radius 3 is 2.80 bits per heavy atom. The lowest BCUT2D eigenvalue weighted by molar-refractivity contribution is -0.124. The third-order valence-corrected chi connectivity index (χ3v) is 4.57. The fraction of sp³-hybridized carbons (Fsp3) is 0.733. The fourth-order valence-electron chi connectivity index (χ4n) is 3.72. The van der Waals surface area contributed by atoms with Crippen LogP contribution in [0.15, 0.2) is 6.33 Å². The van der Waals surface area contributed by atoms with Crippen LogP contribution in [0, 0.1) is 11.8 Å². The minimum Gasteiger partial charge on any atom is -0.352 e. The fourth-order valence-corrected chi connectivity index (χ4v) is 3.72. The first-order chi connectivity index (χ1) is 9.61. The van der Waals surface area contributed by atoms with Gasteiger partial charge in [-0.05, 0) is 31.1 Å². The molecule has 1 aromatic rings. The van der Waals surface area contributed by atoms with Crippen LogP contribution in [0.1, 0.15) is 44.5 Å². The Bertz CT molecular complexity index is 474. The second-order valence-corrected chi connectivity index (χ2v) is 6.59. The maximum atomic E-state index is 12.4. The molecule has 0 spiro atoms. The van der Waals surface area contributed by atoms with Crippen LogP contribution < -0.4 is 10.6 Å². The summed E-state index contributed by atoms with van der Waals surface area (Å²) >= 11 is 0. The van der Waals surface area contributed by atoms with E-state index >= 15 is 0 Å². The van der Waals surface area contributed by atoms with Gasteiger partial charge in [-0.3, -0.25) is 10.1 Å². The number of nitrogens with zero attached hydrogens (tertiary/aromatic N) is 1. The van der Waals surface area contributed by atoms with Gasteiger partial charge in [0.25, 0.3) is 0 Å². The molecule has 1 amide bonds. The quantitative estimate of drug-likeness (QED) is 0.764. The Balaban J connectivity index is 1.57. The van der Waals surface area contributed by atoms with E-state index in [1.54, 1.807) is 6.33 Å². The zero-order chi connectivity index (χ0) is 14.1. The Morgan fingerprint density at radius 1 is 1.30 bits per heavy atom. The lowest BCUT2D eigenvalue weighted by Gasteiger charge is -2.33. The second-order valence-electron chi connectivity index (χ2n) is 6.59. The molecule has 0 radical (unpaired) electrons. The second kappa shape index (κ2) is 5.56. The number of hydrogen-bond acceptors (Lipinski definition) is 3. The number of nitrogens with one attached hydrogen (secondary N) is 3. The molecule has 3 rings (SSSR count). The Labute approximate surface area is 119 Å². The van der Waals surface area contributed by atoms with Gasteiger partial charge in [-0.25, -0.2) is 4.98 Å². The van der Waals surface area contributed by atoms with Gasteiger partial charge in [-0.2, -0.15) is 0 Å². The molecule has 3 unspecified atom stereocenters. The Morgan fingerprint density at radius 2 is 2.05 bits per heavy atom. The molecular formula is C15H24N4O. The number of carbonyl (C=O) groups excluding carboxylic acids is 1. The van der Waals surface area contributed by atoms with Gasteiger partial charge in [0.15, 0.2) is 0 Å². The molecular weight excluding hydrogens is 252 g/mol. The van der Waals surface area contributed by atoms with Crippen molar-refractivity contribution in [1.82, 2.24) is 20.6 Å². The molecule has 20 heavy (non-hydrogen) atoms. The molecule has 110 valence electrons. The van der Waals surface area contributed by atoms with E-state index in [0.717, 1.165) is 24.2 Å². The topological polar surface area (TPSA) is 69.8 Å². The van der Waals surface area contributed by atoms with E-state index < -0.39 is 0 Å². The van der Waals surface area contributed by atoms with Gasteiger partial charge in [0.1, 0.15) is 0 Å². The summed E-state index contributed by atoms with van der Waals surface area (Å²) in [5, 5.41) is 6.52. The molecule has 3 N–H and O–H groups in total. The third kappa shape index (κ3) is 2.87. The van der Waals surface area contributed by atoms with Crippen molar-refractivity contribution in [3.63, 3.8) is 0 Å². The maximum absolute atomic E-state index is 12.4. The molecule has 1 aromatic heterocycles. The smallest absolute Gasteiger partial charge is 0.237 e. The van der Waals surface area contributed by atoms with Gasteiger partial charge < -0.3 is 10.3 Å². The van der Waals surface area contributed by atoms with E-state index in [9.17, 15) is 4.79 Å². The third-order valence-electron chi connectivity index (χ3n) is 4.57. The zero-order valence-corrected chi connectivity index (χ0v) is 12.3. The molecule has 5 nitrogen and oxygen atoms in total. The number of H-pyrrole nitrogens is 1. The number of amides is 1. The van der Waals surface area contributed by atoms with Crippen LogP contribution in [0.5, 0.6) is 0 Å². The van der Waals surface area contributed by atoms with E-state index in [4.69, 9.17) is 0 Å². The number of rotatable bonds is 2. The van der Waals surface area contributed by atoms with Crippen LogP contribution in [-0.2, 0) is 17.8 Å². The molecule has 3 atom stereocenters. The van der Waals surface area contributed by atoms with Gasteiger partial charge >= 0.3 is 0 Å². The molecule has 2 aliphatic rings. The molecule has 5 heteroatoms. The number of aromatic amines is 1. The largest absolute Gasteiger partial charge is 0.352 e. The summed E-state index contributed by atoms with van der Waals surface area (Å²) in [4.78, 5) is 19.8. The van der Waals surface area contributed by atoms with Crippen molar-refractivity contribution in [3.05, 3.63) is 17.7 Å². The van der Waals surface area contributed by atoms with Crippen molar-refractivity contribution >= 4 is 5.91 Å². The summed E-state index contributed by atoms with van der Waals surface area (Å²) in [6, 6.07) is 0.196. The summed E-state index contributed by atoms with van der Waals surface area (Å²) in [5.74, 6) is 1.55. The SMILES string of the molecule is CC1CC(C)CC(NC(=O)C2Cc3nc[nH]c3CN2)C1. The standard InChI is InChI=1S/C15H24N4O/c1-9-3-10(2)5-11(4-9)19-15(20)13-6-12-14(7-16-13)18-8-17-12/h8-11,13,16H,3-7H2,1-2H3,(H,17,18)(H,19,20). The Kier molecular flexibility index (Phi) is 3.78. The molecule has 1 aliphatic carbocycles.